The number of hydrogen-bond donors (Lipinski definition) is 0. The number of rotatable bonds is 1. The molecule has 2 heterocycles. The van der Waals surface area contributed by atoms with E-state index in [-0.39, 0.29) is 11.5 Å². The lowest BCUT2D eigenvalue weighted by atomic mass is 9.86. The van der Waals surface area contributed by atoms with Crippen LogP contribution in [0.25, 0.3) is 11.3 Å². The Hall–Kier alpha value is -1.38. The molecule has 1 atom stereocenters. The fourth-order valence-corrected chi connectivity index (χ4v) is 3.97. The molecule has 0 radical (unpaired) electrons. The van der Waals surface area contributed by atoms with E-state index in [1.165, 1.54) is 12.1 Å². The molecule has 3 rings (SSSR count). The average molecular weight is 461 g/mol. The summed E-state index contributed by atoms with van der Waals surface area (Å²) in [6.45, 7) is 9.07. The first kappa shape index (κ1) is 18.4. The van der Waals surface area contributed by atoms with Gasteiger partial charge in [0.05, 0.1) is 33.1 Å². The van der Waals surface area contributed by atoms with Gasteiger partial charge in [-0.3, -0.25) is 9.67 Å². The Balaban J connectivity index is 2.01. The molecule has 0 N–H and O–H groups in total. The van der Waals surface area contributed by atoms with Crippen LogP contribution in [0.5, 0.6) is 0 Å². The van der Waals surface area contributed by atoms with Crippen LogP contribution in [0.1, 0.15) is 39.0 Å². The van der Waals surface area contributed by atoms with Crippen molar-refractivity contribution < 1.29 is 13.2 Å². The molecule has 0 saturated carbocycles. The van der Waals surface area contributed by atoms with Crippen molar-refractivity contribution >= 4 is 28.3 Å². The highest BCUT2D eigenvalue weighted by molar-refractivity contribution is 14.1. The smallest absolute Gasteiger partial charge is 0.282 e. The van der Waals surface area contributed by atoms with E-state index in [2.05, 4.69) is 48.5 Å². The number of nitrogens with zero attached hydrogens (tertiary/aromatic N) is 3. The van der Waals surface area contributed by atoms with Crippen molar-refractivity contribution in [3.8, 4) is 11.3 Å². The number of fused-ring (bicyclic) bond motifs is 1. The summed E-state index contributed by atoms with van der Waals surface area (Å²) in [4.78, 5) is 4.81. The van der Waals surface area contributed by atoms with E-state index < -0.39 is 11.7 Å². The molecule has 25 heavy (non-hydrogen) atoms. The Morgan fingerprint density at radius 1 is 1.12 bits per heavy atom. The van der Waals surface area contributed by atoms with Crippen LogP contribution in [-0.2, 0) is 12.7 Å². The normalized spacial score (nSPS) is 18.1. The Kier molecular flexibility index (Phi) is 4.50. The summed E-state index contributed by atoms with van der Waals surface area (Å²) in [6.07, 6.45) is -4.33. The zero-order valence-corrected chi connectivity index (χ0v) is 16.6. The highest BCUT2D eigenvalue weighted by atomic mass is 127. The summed E-state index contributed by atoms with van der Waals surface area (Å²) in [7, 11) is 0. The summed E-state index contributed by atoms with van der Waals surface area (Å²) in [5.74, 6) is 0. The van der Waals surface area contributed by atoms with Gasteiger partial charge in [-0.05, 0) is 47.1 Å². The molecule has 1 aliphatic rings. The summed E-state index contributed by atoms with van der Waals surface area (Å²) in [5, 5.41) is 4.67. The molecule has 0 fully saturated rings. The predicted molar refractivity (Wildman–Crippen MR) is 101 cm³/mol. The lowest BCUT2D eigenvalue weighted by Crippen LogP contribution is -2.35. The van der Waals surface area contributed by atoms with Gasteiger partial charge in [0.2, 0.25) is 0 Å². The third-order valence-electron chi connectivity index (χ3n) is 4.42. The zero-order chi connectivity index (χ0) is 18.6. The molecule has 1 aliphatic heterocycles. The molecule has 0 saturated heterocycles. The standard InChI is InChI=1S/C18H19F3IN3/c1-10-16-14(22)15(11-5-7-12(8-6-11)18(19,20)21)24-25(16)9-13(23-10)17(2,3)4/h5-8,13H,9H2,1-4H3. The average Bonchev–Trinajstić information content (AvgIpc) is 2.83. The van der Waals surface area contributed by atoms with Gasteiger partial charge < -0.3 is 0 Å². The maximum Gasteiger partial charge on any atom is 0.416 e. The van der Waals surface area contributed by atoms with Gasteiger partial charge >= 0.3 is 6.18 Å². The van der Waals surface area contributed by atoms with Gasteiger partial charge in [-0.25, -0.2) is 0 Å². The van der Waals surface area contributed by atoms with Crippen molar-refractivity contribution in [1.82, 2.24) is 9.78 Å². The number of halogens is 4. The van der Waals surface area contributed by atoms with Crippen molar-refractivity contribution in [2.24, 2.45) is 10.4 Å². The maximum absolute atomic E-state index is 12.8. The highest BCUT2D eigenvalue weighted by Gasteiger charge is 2.33. The summed E-state index contributed by atoms with van der Waals surface area (Å²) in [5.41, 5.74) is 2.62. The van der Waals surface area contributed by atoms with E-state index in [9.17, 15) is 13.2 Å². The van der Waals surface area contributed by atoms with Crippen LogP contribution in [0.15, 0.2) is 29.3 Å². The van der Waals surface area contributed by atoms with Gasteiger partial charge in [-0.2, -0.15) is 18.3 Å². The summed E-state index contributed by atoms with van der Waals surface area (Å²) >= 11 is 2.20. The van der Waals surface area contributed by atoms with Crippen molar-refractivity contribution in [3.05, 3.63) is 39.1 Å². The number of alkyl halides is 3. The molecule has 1 unspecified atom stereocenters. The predicted octanol–water partition coefficient (Wildman–Crippen LogP) is 5.41. The molecular weight excluding hydrogens is 442 g/mol. The molecule has 7 heteroatoms. The molecule has 2 aromatic rings. The largest absolute Gasteiger partial charge is 0.416 e. The quantitative estimate of drug-likeness (QED) is 0.523. The molecule has 1 aromatic heterocycles. The van der Waals surface area contributed by atoms with Crippen LogP contribution in [0.3, 0.4) is 0 Å². The number of aliphatic imine (C=N–C) groups is 1. The lowest BCUT2D eigenvalue weighted by Gasteiger charge is -2.31. The Morgan fingerprint density at radius 3 is 2.24 bits per heavy atom. The molecule has 134 valence electrons. The van der Waals surface area contributed by atoms with E-state index in [0.717, 1.165) is 27.1 Å². The third kappa shape index (κ3) is 3.47. The van der Waals surface area contributed by atoms with Crippen LogP contribution < -0.4 is 0 Å². The van der Waals surface area contributed by atoms with Crippen molar-refractivity contribution in [2.45, 2.75) is 46.5 Å². The minimum absolute atomic E-state index is 0.0187. The van der Waals surface area contributed by atoms with Crippen molar-refractivity contribution in [2.75, 3.05) is 0 Å². The Morgan fingerprint density at radius 2 is 1.72 bits per heavy atom. The van der Waals surface area contributed by atoms with Crippen molar-refractivity contribution in [1.29, 1.82) is 0 Å². The monoisotopic (exact) mass is 461 g/mol. The number of hydrogen-bond acceptors (Lipinski definition) is 2. The van der Waals surface area contributed by atoms with E-state index in [4.69, 9.17) is 4.99 Å². The number of benzene rings is 1. The van der Waals surface area contributed by atoms with Crippen LogP contribution in [0, 0.1) is 8.99 Å². The van der Waals surface area contributed by atoms with Crippen LogP contribution in [-0.4, -0.2) is 21.5 Å². The van der Waals surface area contributed by atoms with E-state index in [1.54, 1.807) is 0 Å². The van der Waals surface area contributed by atoms with E-state index in [0.29, 0.717) is 17.8 Å². The fourth-order valence-electron chi connectivity index (χ4n) is 2.89. The van der Waals surface area contributed by atoms with Gasteiger partial charge in [0, 0.05) is 5.56 Å². The van der Waals surface area contributed by atoms with Crippen LogP contribution >= 0.6 is 22.6 Å². The minimum atomic E-state index is -4.33. The highest BCUT2D eigenvalue weighted by Crippen LogP contribution is 2.35. The molecule has 0 aliphatic carbocycles. The Labute approximate surface area is 158 Å². The Bertz CT molecular complexity index is 827. The SMILES string of the molecule is CC1=NC(C(C)(C)C)Cn2nc(-c3ccc(C(F)(F)F)cc3)c(I)c21. The summed E-state index contributed by atoms with van der Waals surface area (Å²) < 4.78 is 41.1. The first-order chi connectivity index (χ1) is 11.5. The second-order valence-electron chi connectivity index (χ2n) is 7.36. The minimum Gasteiger partial charge on any atom is -0.282 e. The first-order valence-electron chi connectivity index (χ1n) is 7.97. The first-order valence-corrected chi connectivity index (χ1v) is 9.05. The molecule has 0 amide bonds. The van der Waals surface area contributed by atoms with Gasteiger partial charge in [0.1, 0.15) is 5.69 Å². The molecular formula is C18H19F3IN3. The lowest BCUT2D eigenvalue weighted by molar-refractivity contribution is -0.137. The van der Waals surface area contributed by atoms with E-state index >= 15 is 0 Å². The second-order valence-corrected chi connectivity index (χ2v) is 8.44. The van der Waals surface area contributed by atoms with Gasteiger partial charge in [-0.15, -0.1) is 0 Å². The van der Waals surface area contributed by atoms with Gasteiger partial charge in [0.25, 0.3) is 0 Å². The third-order valence-corrected chi connectivity index (χ3v) is 5.44. The van der Waals surface area contributed by atoms with Gasteiger partial charge in [-0.1, -0.05) is 32.9 Å². The molecule has 0 bridgehead atoms. The van der Waals surface area contributed by atoms with Crippen molar-refractivity contribution in [3.63, 3.8) is 0 Å². The maximum atomic E-state index is 12.8. The molecule has 1 aromatic carbocycles. The fraction of sp³-hybridized carbons (Fsp3) is 0.444. The second kappa shape index (κ2) is 6.10. The van der Waals surface area contributed by atoms with Gasteiger partial charge in [0.15, 0.2) is 0 Å². The van der Waals surface area contributed by atoms with E-state index in [1.807, 2.05) is 11.6 Å². The number of aromatic nitrogens is 2. The van der Waals surface area contributed by atoms with Crippen LogP contribution in [0.4, 0.5) is 13.2 Å². The van der Waals surface area contributed by atoms with Crippen LogP contribution in [0.2, 0.25) is 0 Å². The zero-order valence-electron chi connectivity index (χ0n) is 14.4. The molecule has 3 nitrogen and oxygen atoms in total. The summed E-state index contributed by atoms with van der Waals surface area (Å²) in [6, 6.07) is 5.28. The molecule has 0 spiro atoms. The topological polar surface area (TPSA) is 30.2 Å².